The second-order valence-electron chi connectivity index (χ2n) is 5.06. The summed E-state index contributed by atoms with van der Waals surface area (Å²) in [5.74, 6) is 1.09. The van der Waals surface area contributed by atoms with Gasteiger partial charge >= 0.3 is 5.97 Å². The second kappa shape index (κ2) is 4.88. The van der Waals surface area contributed by atoms with Gasteiger partial charge in [0.1, 0.15) is 0 Å². The first-order valence-electron chi connectivity index (χ1n) is 6.20. The summed E-state index contributed by atoms with van der Waals surface area (Å²) in [5, 5.41) is 11.9. The fourth-order valence-corrected chi connectivity index (χ4v) is 3.52. The van der Waals surface area contributed by atoms with E-state index in [0.717, 1.165) is 25.0 Å². The Morgan fingerprint density at radius 3 is 2.76 bits per heavy atom. The Bertz CT molecular complexity index is 334. The average Bonchev–Trinajstić information content (AvgIpc) is 2.89. The highest BCUT2D eigenvalue weighted by molar-refractivity contribution is 7.99. The molecule has 0 spiro atoms. The number of aliphatic carboxylic acids is 1. The van der Waals surface area contributed by atoms with Crippen molar-refractivity contribution in [2.45, 2.75) is 38.6 Å². The first-order valence-corrected chi connectivity index (χ1v) is 7.36. The average molecular weight is 257 g/mol. The molecule has 0 bridgehead atoms. The molecule has 1 amide bonds. The summed E-state index contributed by atoms with van der Waals surface area (Å²) < 4.78 is 0. The van der Waals surface area contributed by atoms with Crippen LogP contribution in [0.5, 0.6) is 0 Å². The number of nitrogens with one attached hydrogen (secondary N) is 1. The maximum Gasteiger partial charge on any atom is 0.310 e. The van der Waals surface area contributed by atoms with E-state index in [1.807, 2.05) is 0 Å². The van der Waals surface area contributed by atoms with Gasteiger partial charge in [-0.05, 0) is 30.9 Å². The van der Waals surface area contributed by atoms with Crippen molar-refractivity contribution < 1.29 is 14.7 Å². The summed E-state index contributed by atoms with van der Waals surface area (Å²) in [5.41, 5.74) is -0.465. The molecule has 2 aliphatic carbocycles. The lowest BCUT2D eigenvalue weighted by molar-refractivity contribution is -0.148. The van der Waals surface area contributed by atoms with Gasteiger partial charge in [0, 0.05) is 6.04 Å². The Morgan fingerprint density at radius 2 is 2.24 bits per heavy atom. The molecule has 0 unspecified atom stereocenters. The van der Waals surface area contributed by atoms with Gasteiger partial charge in [-0.2, -0.15) is 11.8 Å². The zero-order valence-corrected chi connectivity index (χ0v) is 10.9. The molecule has 2 aliphatic rings. The van der Waals surface area contributed by atoms with Crippen molar-refractivity contribution in [3.05, 3.63) is 0 Å². The van der Waals surface area contributed by atoms with Gasteiger partial charge in [-0.25, -0.2) is 0 Å². The third-order valence-electron chi connectivity index (χ3n) is 3.85. The van der Waals surface area contributed by atoms with E-state index < -0.39 is 11.4 Å². The van der Waals surface area contributed by atoms with Crippen LogP contribution in [0.3, 0.4) is 0 Å². The van der Waals surface area contributed by atoms with E-state index in [1.54, 1.807) is 11.8 Å². The number of rotatable bonds is 7. The number of fused-ring (bicyclic) bond motifs is 1. The molecule has 3 atom stereocenters. The van der Waals surface area contributed by atoms with Crippen molar-refractivity contribution in [2.24, 2.45) is 11.3 Å². The maximum absolute atomic E-state index is 11.6. The largest absolute Gasteiger partial charge is 0.481 e. The van der Waals surface area contributed by atoms with Crippen LogP contribution in [-0.2, 0) is 9.59 Å². The van der Waals surface area contributed by atoms with E-state index in [0.29, 0.717) is 12.2 Å². The fraction of sp³-hybridized carbons (Fsp3) is 0.833. The molecule has 0 radical (unpaired) electrons. The number of hydrogen-bond donors (Lipinski definition) is 2. The highest BCUT2D eigenvalue weighted by Crippen LogP contribution is 2.67. The minimum atomic E-state index is -0.690. The predicted octanol–water partition coefficient (Wildman–Crippen LogP) is 1.50. The first-order chi connectivity index (χ1) is 8.10. The third-order valence-corrected chi connectivity index (χ3v) is 4.90. The molecular formula is C12H19NO3S. The number of hydrogen-bond acceptors (Lipinski definition) is 3. The van der Waals surface area contributed by atoms with Gasteiger partial charge < -0.3 is 10.4 Å². The van der Waals surface area contributed by atoms with E-state index in [2.05, 4.69) is 12.2 Å². The highest BCUT2D eigenvalue weighted by atomic mass is 32.2. The predicted molar refractivity (Wildman–Crippen MR) is 67.0 cm³/mol. The van der Waals surface area contributed by atoms with Gasteiger partial charge in [0.25, 0.3) is 0 Å². The molecule has 0 saturated heterocycles. The molecule has 0 aromatic heterocycles. The second-order valence-corrected chi connectivity index (χ2v) is 6.16. The first kappa shape index (κ1) is 12.7. The van der Waals surface area contributed by atoms with Crippen LogP contribution in [0.2, 0.25) is 0 Å². The Morgan fingerprint density at radius 1 is 1.47 bits per heavy atom. The summed E-state index contributed by atoms with van der Waals surface area (Å²) in [6.07, 6.45) is 3.67. The summed E-state index contributed by atoms with van der Waals surface area (Å²) >= 11 is 1.65. The van der Waals surface area contributed by atoms with Crippen molar-refractivity contribution in [1.82, 2.24) is 5.32 Å². The van der Waals surface area contributed by atoms with Gasteiger partial charge in [-0.1, -0.05) is 13.3 Å². The van der Waals surface area contributed by atoms with Crippen LogP contribution in [0.25, 0.3) is 0 Å². The number of carboxylic acid groups (broad SMARTS) is 1. The highest BCUT2D eigenvalue weighted by Gasteiger charge is 2.72. The van der Waals surface area contributed by atoms with E-state index in [1.165, 1.54) is 0 Å². The zero-order valence-electron chi connectivity index (χ0n) is 10.1. The van der Waals surface area contributed by atoms with E-state index >= 15 is 0 Å². The topological polar surface area (TPSA) is 66.4 Å². The number of carbonyl (C=O) groups excluding carboxylic acids is 1. The molecule has 2 rings (SSSR count). The molecule has 96 valence electrons. The van der Waals surface area contributed by atoms with Gasteiger partial charge in [0.2, 0.25) is 5.91 Å². The van der Waals surface area contributed by atoms with Crippen LogP contribution in [0.15, 0.2) is 0 Å². The van der Waals surface area contributed by atoms with Crippen LogP contribution in [0.1, 0.15) is 32.6 Å². The van der Waals surface area contributed by atoms with Crippen LogP contribution in [0.4, 0.5) is 0 Å². The van der Waals surface area contributed by atoms with Gasteiger partial charge in [-0.15, -0.1) is 0 Å². The molecule has 0 aromatic rings. The molecule has 4 nitrogen and oxygen atoms in total. The van der Waals surface area contributed by atoms with Crippen molar-refractivity contribution in [3.63, 3.8) is 0 Å². The fourth-order valence-electron chi connectivity index (χ4n) is 2.61. The van der Waals surface area contributed by atoms with Crippen LogP contribution in [-0.4, -0.2) is 34.5 Å². The number of unbranched alkanes of at least 4 members (excludes halogenated alkanes) is 1. The molecular weight excluding hydrogens is 238 g/mol. The van der Waals surface area contributed by atoms with Gasteiger partial charge in [0.15, 0.2) is 0 Å². The van der Waals surface area contributed by atoms with Crippen LogP contribution < -0.4 is 5.32 Å². The normalized spacial score (nSPS) is 33.5. The Kier molecular flexibility index (Phi) is 3.66. The zero-order chi connectivity index (χ0) is 12.5. The molecule has 2 fully saturated rings. The minimum absolute atomic E-state index is 0.0574. The Balaban J connectivity index is 1.61. The molecule has 5 heteroatoms. The molecule has 0 aliphatic heterocycles. The van der Waals surface area contributed by atoms with Crippen LogP contribution in [0, 0.1) is 11.3 Å². The number of amides is 1. The molecule has 17 heavy (non-hydrogen) atoms. The third kappa shape index (κ3) is 2.44. The van der Waals surface area contributed by atoms with Crippen LogP contribution >= 0.6 is 11.8 Å². The van der Waals surface area contributed by atoms with E-state index in [4.69, 9.17) is 5.11 Å². The lowest BCUT2D eigenvalue weighted by atomic mass is 9.80. The van der Waals surface area contributed by atoms with E-state index in [9.17, 15) is 9.59 Å². The summed E-state index contributed by atoms with van der Waals surface area (Å²) in [4.78, 5) is 22.5. The Labute approximate surface area is 106 Å². The van der Waals surface area contributed by atoms with Gasteiger partial charge in [-0.3, -0.25) is 9.59 Å². The van der Waals surface area contributed by atoms with Crippen molar-refractivity contribution in [3.8, 4) is 0 Å². The number of carboxylic acids is 1. The molecule has 2 saturated carbocycles. The van der Waals surface area contributed by atoms with Crippen molar-refractivity contribution in [2.75, 3.05) is 11.5 Å². The van der Waals surface area contributed by atoms with Crippen molar-refractivity contribution in [1.29, 1.82) is 0 Å². The summed E-state index contributed by atoms with van der Waals surface area (Å²) in [6.45, 7) is 2.13. The minimum Gasteiger partial charge on any atom is -0.481 e. The standard InChI is InChI=1S/C12H19NO3S/c1-2-3-4-17-7-10(14)13-9-6-12(11(15)16)5-8(9)12/h8-9H,2-7H2,1H3,(H,13,14)(H,15,16)/t8-,9+,12-/m0/s1. The molecule has 2 N–H and O–H groups in total. The molecule has 0 heterocycles. The van der Waals surface area contributed by atoms with Gasteiger partial charge in [0.05, 0.1) is 11.2 Å². The lowest BCUT2D eigenvalue weighted by Crippen LogP contribution is -2.48. The summed E-state index contributed by atoms with van der Waals surface area (Å²) in [7, 11) is 0. The quantitative estimate of drug-likeness (QED) is 0.678. The number of thioether (sulfide) groups is 1. The van der Waals surface area contributed by atoms with Crippen molar-refractivity contribution >= 4 is 23.6 Å². The smallest absolute Gasteiger partial charge is 0.310 e. The number of carbonyl (C=O) groups is 2. The summed E-state index contributed by atoms with van der Waals surface area (Å²) in [6, 6.07) is 0.116. The monoisotopic (exact) mass is 257 g/mol. The Hall–Kier alpha value is -0.710. The maximum atomic E-state index is 11.6. The SMILES string of the molecule is CCCCSCC(=O)N[C@@H]1C[C@@]2(C(=O)O)C[C@@H]12. The molecule has 0 aromatic carbocycles. The lowest BCUT2D eigenvalue weighted by Gasteiger charge is -2.32. The van der Waals surface area contributed by atoms with E-state index in [-0.39, 0.29) is 17.9 Å².